The van der Waals surface area contributed by atoms with E-state index in [2.05, 4.69) is 10.4 Å². The van der Waals surface area contributed by atoms with E-state index in [-0.39, 0.29) is 5.91 Å². The number of amides is 1. The smallest absolute Gasteiger partial charge is 0.272 e. The first-order valence-corrected chi connectivity index (χ1v) is 6.62. The molecule has 1 aliphatic carbocycles. The van der Waals surface area contributed by atoms with Crippen LogP contribution >= 0.6 is 0 Å². The van der Waals surface area contributed by atoms with Crippen LogP contribution in [-0.2, 0) is 26.4 Å². The average molecular weight is 255 g/mol. The number of carbonyl (C=O) groups excluding carboxylic acids is 1. The number of hydrogen-bond donors (Lipinski definition) is 1. The molecule has 0 radical (unpaired) electrons. The summed E-state index contributed by atoms with van der Waals surface area (Å²) in [6.07, 6.45) is 3.13. The molecule has 1 aliphatic rings. The maximum atomic E-state index is 12.2. The van der Waals surface area contributed by atoms with Crippen molar-refractivity contribution in [2.24, 2.45) is 7.05 Å². The van der Waals surface area contributed by atoms with Crippen molar-refractivity contribution in [3.63, 3.8) is 0 Å². The van der Waals surface area contributed by atoms with Gasteiger partial charge in [-0.1, -0.05) is 30.3 Å². The number of aryl methyl sites for hydroxylation is 1. The fraction of sp³-hybridized carbons (Fsp3) is 0.333. The Morgan fingerprint density at radius 2 is 2.11 bits per heavy atom. The molecule has 2 aromatic rings. The van der Waals surface area contributed by atoms with Crippen LogP contribution in [0, 0.1) is 0 Å². The highest BCUT2D eigenvalue weighted by molar-refractivity contribution is 5.94. The first-order chi connectivity index (χ1) is 9.25. The van der Waals surface area contributed by atoms with Gasteiger partial charge in [0, 0.05) is 24.8 Å². The number of hydrogen-bond acceptors (Lipinski definition) is 2. The number of nitrogens with zero attached hydrogens (tertiary/aromatic N) is 2. The van der Waals surface area contributed by atoms with Gasteiger partial charge in [-0.05, 0) is 24.8 Å². The molecule has 0 fully saturated rings. The summed E-state index contributed by atoms with van der Waals surface area (Å²) in [5.74, 6) is -0.0670. The van der Waals surface area contributed by atoms with Gasteiger partial charge in [-0.2, -0.15) is 5.10 Å². The third kappa shape index (κ3) is 2.26. The van der Waals surface area contributed by atoms with E-state index in [1.54, 1.807) is 0 Å². The lowest BCUT2D eigenvalue weighted by atomic mass is 10.2. The topological polar surface area (TPSA) is 46.9 Å². The summed E-state index contributed by atoms with van der Waals surface area (Å²) in [7, 11) is 1.91. The zero-order chi connectivity index (χ0) is 13.2. The van der Waals surface area contributed by atoms with Gasteiger partial charge in [0.25, 0.3) is 5.91 Å². The molecule has 0 saturated carbocycles. The lowest BCUT2D eigenvalue weighted by molar-refractivity contribution is 0.0944. The van der Waals surface area contributed by atoms with Crippen LogP contribution in [-0.4, -0.2) is 15.7 Å². The predicted molar refractivity (Wildman–Crippen MR) is 72.8 cm³/mol. The van der Waals surface area contributed by atoms with Crippen molar-refractivity contribution in [2.75, 3.05) is 0 Å². The van der Waals surface area contributed by atoms with Crippen molar-refractivity contribution in [1.82, 2.24) is 15.1 Å². The maximum absolute atomic E-state index is 12.2. The van der Waals surface area contributed by atoms with Gasteiger partial charge in [0.2, 0.25) is 0 Å². The molecule has 98 valence electrons. The Balaban J connectivity index is 1.73. The predicted octanol–water partition coefficient (Wildman–Crippen LogP) is 1.84. The van der Waals surface area contributed by atoms with E-state index in [0.717, 1.165) is 30.4 Å². The van der Waals surface area contributed by atoms with Gasteiger partial charge in [0.15, 0.2) is 5.69 Å². The highest BCUT2D eigenvalue weighted by Gasteiger charge is 2.24. The van der Waals surface area contributed by atoms with Gasteiger partial charge in [0.05, 0.1) is 0 Å². The Morgan fingerprint density at radius 1 is 1.32 bits per heavy atom. The molecular formula is C15H17N3O. The van der Waals surface area contributed by atoms with Crippen LogP contribution in [0.5, 0.6) is 0 Å². The summed E-state index contributed by atoms with van der Waals surface area (Å²) in [4.78, 5) is 12.2. The van der Waals surface area contributed by atoms with Crippen molar-refractivity contribution in [2.45, 2.75) is 25.8 Å². The minimum atomic E-state index is -0.0670. The second-order valence-corrected chi connectivity index (χ2v) is 4.92. The number of nitrogens with one attached hydrogen (secondary N) is 1. The van der Waals surface area contributed by atoms with Crippen molar-refractivity contribution < 1.29 is 4.79 Å². The van der Waals surface area contributed by atoms with Crippen molar-refractivity contribution >= 4 is 5.91 Å². The van der Waals surface area contributed by atoms with Crippen LogP contribution in [0.15, 0.2) is 30.3 Å². The SMILES string of the molecule is Cn1nc(C(=O)NCc2ccccc2)c2c1CCC2. The zero-order valence-corrected chi connectivity index (χ0v) is 11.0. The van der Waals surface area contributed by atoms with E-state index in [0.29, 0.717) is 12.2 Å². The van der Waals surface area contributed by atoms with Gasteiger partial charge in [-0.25, -0.2) is 0 Å². The molecule has 0 aliphatic heterocycles. The Bertz CT molecular complexity index is 601. The maximum Gasteiger partial charge on any atom is 0.272 e. The molecule has 1 aromatic heterocycles. The number of fused-ring (bicyclic) bond motifs is 1. The number of rotatable bonds is 3. The summed E-state index contributed by atoms with van der Waals surface area (Å²) < 4.78 is 1.85. The molecule has 0 bridgehead atoms. The third-order valence-electron chi connectivity index (χ3n) is 3.63. The molecule has 0 saturated heterocycles. The normalized spacial score (nSPS) is 13.3. The Kier molecular flexibility index (Phi) is 3.07. The van der Waals surface area contributed by atoms with Crippen molar-refractivity contribution in [3.05, 3.63) is 52.8 Å². The molecule has 0 unspecified atom stereocenters. The minimum Gasteiger partial charge on any atom is -0.347 e. The van der Waals surface area contributed by atoms with Crippen LogP contribution in [0.1, 0.15) is 33.7 Å². The molecule has 4 nitrogen and oxygen atoms in total. The number of aromatic nitrogens is 2. The van der Waals surface area contributed by atoms with E-state index in [1.165, 1.54) is 5.69 Å². The lowest BCUT2D eigenvalue weighted by Crippen LogP contribution is -2.24. The van der Waals surface area contributed by atoms with Crippen LogP contribution in [0.25, 0.3) is 0 Å². The molecule has 3 rings (SSSR count). The highest BCUT2D eigenvalue weighted by atomic mass is 16.1. The molecule has 1 aromatic carbocycles. The molecular weight excluding hydrogens is 238 g/mol. The van der Waals surface area contributed by atoms with Gasteiger partial charge >= 0.3 is 0 Å². The van der Waals surface area contributed by atoms with Gasteiger partial charge in [0.1, 0.15) is 0 Å². The lowest BCUT2D eigenvalue weighted by Gasteiger charge is -2.04. The van der Waals surface area contributed by atoms with E-state index >= 15 is 0 Å². The van der Waals surface area contributed by atoms with Crippen molar-refractivity contribution in [1.29, 1.82) is 0 Å². The monoisotopic (exact) mass is 255 g/mol. The van der Waals surface area contributed by atoms with Crippen LogP contribution in [0.2, 0.25) is 0 Å². The fourth-order valence-corrected chi connectivity index (χ4v) is 2.66. The summed E-state index contributed by atoms with van der Waals surface area (Å²) in [5, 5.41) is 7.29. The van der Waals surface area contributed by atoms with Gasteiger partial charge < -0.3 is 5.32 Å². The van der Waals surface area contributed by atoms with Gasteiger partial charge in [-0.3, -0.25) is 9.48 Å². The quantitative estimate of drug-likeness (QED) is 0.909. The van der Waals surface area contributed by atoms with E-state index in [1.807, 2.05) is 42.1 Å². The standard InChI is InChI=1S/C15H17N3O/c1-18-13-9-5-8-12(13)14(17-18)15(19)16-10-11-6-3-2-4-7-11/h2-4,6-7H,5,8-10H2,1H3,(H,16,19). The van der Waals surface area contributed by atoms with E-state index in [9.17, 15) is 4.79 Å². The first-order valence-electron chi connectivity index (χ1n) is 6.62. The zero-order valence-electron chi connectivity index (χ0n) is 11.0. The minimum absolute atomic E-state index is 0.0670. The summed E-state index contributed by atoms with van der Waals surface area (Å²) in [6, 6.07) is 9.92. The molecule has 1 amide bonds. The Morgan fingerprint density at radius 3 is 2.89 bits per heavy atom. The molecule has 1 heterocycles. The summed E-state index contributed by atoms with van der Waals surface area (Å²) in [6.45, 7) is 0.547. The van der Waals surface area contributed by atoms with Crippen LogP contribution in [0.4, 0.5) is 0 Å². The number of carbonyl (C=O) groups is 1. The number of benzene rings is 1. The third-order valence-corrected chi connectivity index (χ3v) is 3.63. The molecule has 4 heteroatoms. The highest BCUT2D eigenvalue weighted by Crippen LogP contribution is 2.24. The van der Waals surface area contributed by atoms with Gasteiger partial charge in [-0.15, -0.1) is 0 Å². The fourth-order valence-electron chi connectivity index (χ4n) is 2.66. The van der Waals surface area contributed by atoms with Crippen LogP contribution in [0.3, 0.4) is 0 Å². The largest absolute Gasteiger partial charge is 0.347 e. The summed E-state index contributed by atoms with van der Waals surface area (Å²) >= 11 is 0. The van der Waals surface area contributed by atoms with E-state index < -0.39 is 0 Å². The molecule has 0 atom stereocenters. The Hall–Kier alpha value is -2.10. The molecule has 1 N–H and O–H groups in total. The summed E-state index contributed by atoms with van der Waals surface area (Å²) in [5.41, 5.74) is 4.05. The first kappa shape index (κ1) is 12.0. The van der Waals surface area contributed by atoms with Crippen molar-refractivity contribution in [3.8, 4) is 0 Å². The Labute approximate surface area is 112 Å². The van der Waals surface area contributed by atoms with Crippen LogP contribution < -0.4 is 5.32 Å². The average Bonchev–Trinajstić information content (AvgIpc) is 3.02. The molecule has 0 spiro atoms. The second kappa shape index (κ2) is 4.88. The second-order valence-electron chi connectivity index (χ2n) is 4.92. The molecule has 19 heavy (non-hydrogen) atoms. The van der Waals surface area contributed by atoms with E-state index in [4.69, 9.17) is 0 Å².